The molecular formula is C29H50N6O3S. The number of aryl methyl sites for hydroxylation is 2. The number of nitrogens with zero attached hydrogens (tertiary/aromatic N) is 3. The van der Waals surface area contributed by atoms with Crippen molar-refractivity contribution in [2.24, 2.45) is 0 Å². The van der Waals surface area contributed by atoms with E-state index >= 15 is 0 Å². The second-order valence-corrected chi connectivity index (χ2v) is 13.9. The molecule has 1 aromatic rings. The Hall–Kier alpha value is -1.72. The molecule has 2 atom stereocenters. The van der Waals surface area contributed by atoms with E-state index in [0.29, 0.717) is 12.6 Å². The van der Waals surface area contributed by atoms with Gasteiger partial charge in [0, 0.05) is 56.5 Å². The molecular weight excluding hydrogens is 512 g/mol. The quantitative estimate of drug-likeness (QED) is 0.473. The summed E-state index contributed by atoms with van der Waals surface area (Å²) < 4.78 is 29.1. The van der Waals surface area contributed by atoms with Gasteiger partial charge < -0.3 is 10.6 Å². The number of rotatable bonds is 7. The third kappa shape index (κ3) is 7.14. The van der Waals surface area contributed by atoms with E-state index in [1.54, 1.807) is 7.05 Å². The summed E-state index contributed by atoms with van der Waals surface area (Å²) >= 11 is 0. The molecule has 3 N–H and O–H groups in total. The van der Waals surface area contributed by atoms with Crippen molar-refractivity contribution in [2.75, 3.05) is 45.6 Å². The first-order valence-electron chi connectivity index (χ1n) is 14.9. The van der Waals surface area contributed by atoms with Crippen molar-refractivity contribution in [1.29, 1.82) is 0 Å². The van der Waals surface area contributed by atoms with E-state index in [0.717, 1.165) is 69.3 Å². The molecule has 0 bridgehead atoms. The number of hydrogen-bond acceptors (Lipinski definition) is 6. The van der Waals surface area contributed by atoms with Crippen LogP contribution in [0.4, 0.5) is 10.5 Å². The predicted molar refractivity (Wildman–Crippen MR) is 159 cm³/mol. The molecule has 2 fully saturated rings. The van der Waals surface area contributed by atoms with Gasteiger partial charge in [-0.05, 0) is 115 Å². The second-order valence-electron chi connectivity index (χ2n) is 12.2. The number of benzene rings is 1. The molecule has 0 aromatic heterocycles. The number of likely N-dealkylation sites (tertiary alicyclic amines) is 2. The van der Waals surface area contributed by atoms with Crippen LogP contribution in [-0.4, -0.2) is 93.0 Å². The Morgan fingerprint density at radius 1 is 0.923 bits per heavy atom. The summed E-state index contributed by atoms with van der Waals surface area (Å²) in [5, 5.41) is 6.21. The number of anilines is 1. The number of fused-ring (bicyclic) bond motifs is 2. The zero-order valence-corrected chi connectivity index (χ0v) is 25.7. The summed E-state index contributed by atoms with van der Waals surface area (Å²) in [6, 6.07) is 3.35. The Morgan fingerprint density at radius 2 is 1.49 bits per heavy atom. The van der Waals surface area contributed by atoms with Crippen molar-refractivity contribution in [3.63, 3.8) is 0 Å². The average Bonchev–Trinajstić information content (AvgIpc) is 3.69. The molecule has 2 amide bonds. The first-order chi connectivity index (χ1) is 18.5. The van der Waals surface area contributed by atoms with E-state index in [1.807, 2.05) is 0 Å². The summed E-state index contributed by atoms with van der Waals surface area (Å²) in [6.45, 7) is 12.8. The van der Waals surface area contributed by atoms with Crippen molar-refractivity contribution in [3.05, 3.63) is 28.3 Å². The minimum Gasteiger partial charge on any atom is -0.316 e. The van der Waals surface area contributed by atoms with Crippen molar-refractivity contribution in [1.82, 2.24) is 24.1 Å². The van der Waals surface area contributed by atoms with Gasteiger partial charge in [0.1, 0.15) is 0 Å². The number of amides is 2. The van der Waals surface area contributed by atoms with E-state index in [2.05, 4.69) is 66.0 Å². The normalized spacial score (nSPS) is 23.3. The Bertz CT molecular complexity index is 1090. The molecule has 0 saturated carbocycles. The fourth-order valence-corrected chi connectivity index (χ4v) is 7.51. The summed E-state index contributed by atoms with van der Waals surface area (Å²) in [5.74, 6) is 0. The van der Waals surface area contributed by atoms with Crippen molar-refractivity contribution >= 4 is 21.9 Å². The highest BCUT2D eigenvalue weighted by Gasteiger charge is 2.34. The molecule has 2 aliphatic carbocycles. The van der Waals surface area contributed by atoms with Crippen LogP contribution in [0.5, 0.6) is 0 Å². The molecule has 2 aliphatic heterocycles. The molecule has 1 aromatic carbocycles. The van der Waals surface area contributed by atoms with Crippen LogP contribution in [-0.2, 0) is 35.9 Å². The Morgan fingerprint density at radius 3 is 1.97 bits per heavy atom. The number of hydrogen-bond donors (Lipinski definition) is 3. The number of likely N-dealkylation sites (N-methyl/N-ethyl adjacent to an activating group) is 2. The van der Waals surface area contributed by atoms with Gasteiger partial charge in [-0.3, -0.25) is 9.80 Å². The van der Waals surface area contributed by atoms with Gasteiger partial charge in [-0.25, -0.2) is 9.52 Å². The molecule has 220 valence electrons. The van der Waals surface area contributed by atoms with Gasteiger partial charge in [0.2, 0.25) is 0 Å². The third-order valence-corrected chi connectivity index (χ3v) is 10.6. The summed E-state index contributed by atoms with van der Waals surface area (Å²) in [4.78, 5) is 17.5. The number of nitrogens with one attached hydrogen (secondary N) is 3. The highest BCUT2D eigenvalue weighted by Crippen LogP contribution is 2.38. The summed E-state index contributed by atoms with van der Waals surface area (Å²) in [5.41, 5.74) is 5.85. The lowest BCUT2D eigenvalue weighted by atomic mass is 9.99. The molecule has 9 nitrogen and oxygen atoms in total. The maximum Gasteiger partial charge on any atom is 0.333 e. The fourth-order valence-electron chi connectivity index (χ4n) is 6.52. The van der Waals surface area contributed by atoms with Crippen molar-refractivity contribution in [3.8, 4) is 0 Å². The van der Waals surface area contributed by atoms with Gasteiger partial charge in [-0.2, -0.15) is 12.7 Å². The minimum atomic E-state index is -3.90. The molecule has 2 heterocycles. The molecule has 10 heteroatoms. The van der Waals surface area contributed by atoms with Gasteiger partial charge in [0.25, 0.3) is 0 Å². The lowest BCUT2D eigenvalue weighted by Gasteiger charge is -2.26. The van der Waals surface area contributed by atoms with E-state index in [9.17, 15) is 13.2 Å². The van der Waals surface area contributed by atoms with Gasteiger partial charge in [-0.1, -0.05) is 6.07 Å². The Balaban J connectivity index is 0.000000298. The van der Waals surface area contributed by atoms with Gasteiger partial charge in [0.05, 0.1) is 0 Å². The first-order valence-corrected chi connectivity index (χ1v) is 16.3. The average molecular weight is 563 g/mol. The zero-order valence-electron chi connectivity index (χ0n) is 24.8. The van der Waals surface area contributed by atoms with Crippen LogP contribution in [0.3, 0.4) is 0 Å². The maximum atomic E-state index is 12.8. The van der Waals surface area contributed by atoms with Gasteiger partial charge in [-0.15, -0.1) is 0 Å². The zero-order chi connectivity index (χ0) is 28.3. The molecule has 39 heavy (non-hydrogen) atoms. The van der Waals surface area contributed by atoms with Gasteiger partial charge in [0.15, 0.2) is 0 Å². The Kier molecular flexibility index (Phi) is 9.96. The number of carbonyl (C=O) groups is 1. The smallest absolute Gasteiger partial charge is 0.316 e. The Labute approximate surface area is 236 Å². The SMILES string of the molecule is CC(C)N1CCC(N(C)S(=O)(=O)NC(=O)Nc2c3c(cc4c2CCC4)CCC3)C1.CNC1CCN(C(C)C)C1. The minimum absolute atomic E-state index is 0.118. The van der Waals surface area contributed by atoms with E-state index < -0.39 is 16.2 Å². The van der Waals surface area contributed by atoms with E-state index in [-0.39, 0.29) is 6.04 Å². The molecule has 2 saturated heterocycles. The van der Waals surface area contributed by atoms with E-state index in [4.69, 9.17) is 0 Å². The molecule has 4 aliphatic rings. The predicted octanol–water partition coefficient (Wildman–Crippen LogP) is 3.13. The van der Waals surface area contributed by atoms with Crippen LogP contribution in [0.2, 0.25) is 0 Å². The summed E-state index contributed by atoms with van der Waals surface area (Å²) in [6.07, 6.45) is 8.22. The maximum absolute atomic E-state index is 12.8. The van der Waals surface area contributed by atoms with Crippen LogP contribution in [0.25, 0.3) is 0 Å². The first kappa shape index (κ1) is 30.2. The van der Waals surface area contributed by atoms with Crippen LogP contribution >= 0.6 is 0 Å². The van der Waals surface area contributed by atoms with Crippen LogP contribution in [0.1, 0.15) is 75.6 Å². The number of urea groups is 1. The second kappa shape index (κ2) is 12.9. The third-order valence-electron chi connectivity index (χ3n) is 9.11. The molecule has 0 radical (unpaired) electrons. The van der Waals surface area contributed by atoms with Crippen molar-refractivity contribution < 1.29 is 13.2 Å². The van der Waals surface area contributed by atoms with Crippen molar-refractivity contribution in [2.45, 2.75) is 103 Å². The van der Waals surface area contributed by atoms with Crippen LogP contribution in [0, 0.1) is 0 Å². The van der Waals surface area contributed by atoms with E-state index in [1.165, 1.54) is 46.1 Å². The molecule has 2 unspecified atom stereocenters. The topological polar surface area (TPSA) is 97.0 Å². The lowest BCUT2D eigenvalue weighted by molar-refractivity contribution is 0.251. The molecule has 0 spiro atoms. The number of carbonyl (C=O) groups excluding carboxylic acids is 1. The monoisotopic (exact) mass is 562 g/mol. The highest BCUT2D eigenvalue weighted by atomic mass is 32.2. The standard InChI is InChI=1S/C21H32N4O3S.C8H18N2/c1-14(2)25-11-10-17(13-25)24(3)29(27,28)23-21(26)22-20-18-8-4-6-15(18)12-16-7-5-9-19(16)20;1-7(2)10-5-4-8(6-10)9-3/h12,14,17H,4-11,13H2,1-3H3,(H2,22,23,26);7-9H,4-6H2,1-3H3. The highest BCUT2D eigenvalue weighted by molar-refractivity contribution is 7.87. The van der Waals surface area contributed by atoms with Crippen LogP contribution < -0.4 is 15.4 Å². The molecule has 5 rings (SSSR count). The fraction of sp³-hybridized carbons (Fsp3) is 0.759. The van der Waals surface area contributed by atoms with Gasteiger partial charge >= 0.3 is 16.2 Å². The largest absolute Gasteiger partial charge is 0.333 e. The lowest BCUT2D eigenvalue weighted by Crippen LogP contribution is -2.48. The van der Waals surface area contributed by atoms with Crippen LogP contribution in [0.15, 0.2) is 6.07 Å². The summed E-state index contributed by atoms with van der Waals surface area (Å²) in [7, 11) is -0.288.